The molecule has 1 rings (SSSR count). The molecule has 0 unspecified atom stereocenters. The summed E-state index contributed by atoms with van der Waals surface area (Å²) in [6.07, 6.45) is 6.14. The van der Waals surface area contributed by atoms with Crippen LogP contribution in [0.4, 0.5) is 0 Å². The molecule has 0 fully saturated rings. The highest BCUT2D eigenvalue weighted by molar-refractivity contribution is 7.43. The Bertz CT molecular complexity index is 284. The van der Waals surface area contributed by atoms with Crippen LogP contribution in [0.25, 0.3) is 0 Å². The maximum atomic E-state index is 8.77. The van der Waals surface area contributed by atoms with Gasteiger partial charge in [0.2, 0.25) is 6.33 Å². The van der Waals surface area contributed by atoms with E-state index in [1.165, 1.54) is 0 Å². The highest BCUT2D eigenvalue weighted by Crippen LogP contribution is 2.18. The summed E-state index contributed by atoms with van der Waals surface area (Å²) in [4.78, 5) is 22.9. The fourth-order valence-electron chi connectivity index (χ4n) is 0.689. The fourth-order valence-corrected chi connectivity index (χ4v) is 0.689. The van der Waals surface area contributed by atoms with Gasteiger partial charge in [-0.15, -0.1) is 0 Å². The normalized spacial score (nSPS) is 10.5. The van der Waals surface area contributed by atoms with E-state index in [9.17, 15) is 0 Å². The molecule has 0 radical (unpaired) electrons. The summed E-state index contributed by atoms with van der Waals surface area (Å²) in [5, 5.41) is 0. The first-order valence-electron chi connectivity index (χ1n) is 3.60. The minimum absolute atomic E-state index is 1.06. The topological polar surface area (TPSA) is 89.4 Å². The Balaban J connectivity index is 0.000000252. The van der Waals surface area contributed by atoms with Crippen LogP contribution in [0, 0.1) is 0 Å². The number of nitrogens with zero attached hydrogens (tertiary/aromatic N) is 2. The molecule has 0 atom stereocenters. The second-order valence-electron chi connectivity index (χ2n) is 2.40. The van der Waals surface area contributed by atoms with Crippen LogP contribution >= 0.6 is 7.82 Å². The lowest BCUT2D eigenvalue weighted by molar-refractivity contribution is -0.671. The van der Waals surface area contributed by atoms with Gasteiger partial charge in [-0.1, -0.05) is 0 Å². The second kappa shape index (κ2) is 5.14. The summed E-state index contributed by atoms with van der Waals surface area (Å²) in [5.41, 5.74) is 0. The summed E-state index contributed by atoms with van der Waals surface area (Å²) in [7, 11) is -2.87. The molecule has 13 heavy (non-hydrogen) atoms. The maximum Gasteiger partial charge on any atom is 0.262 e. The van der Waals surface area contributed by atoms with Crippen LogP contribution in [-0.4, -0.2) is 14.4 Å². The molecule has 0 saturated carbocycles. The van der Waals surface area contributed by atoms with Gasteiger partial charge in [0.15, 0.2) is 0 Å². The van der Waals surface area contributed by atoms with Gasteiger partial charge in [0.25, 0.3) is 7.82 Å². The van der Waals surface area contributed by atoms with Crippen molar-refractivity contribution in [2.24, 2.45) is 7.05 Å². The Morgan fingerprint density at radius 3 is 2.23 bits per heavy atom. The van der Waals surface area contributed by atoms with Gasteiger partial charge in [-0.05, 0) is 6.92 Å². The molecule has 1 aromatic rings. The molecule has 6 nitrogen and oxygen atoms in total. The zero-order valence-corrected chi connectivity index (χ0v) is 8.39. The molecule has 0 bridgehead atoms. The van der Waals surface area contributed by atoms with E-state index in [0.717, 1.165) is 6.54 Å². The molecular formula is C6H13N2O4P. The molecule has 0 saturated heterocycles. The monoisotopic (exact) mass is 208 g/mol. The molecule has 0 aromatic carbocycles. The molecular weight excluding hydrogens is 195 g/mol. The third kappa shape index (κ3) is 9.23. The lowest BCUT2D eigenvalue weighted by Gasteiger charge is -2.01. The van der Waals surface area contributed by atoms with Crippen LogP contribution in [0.2, 0.25) is 0 Å². The van der Waals surface area contributed by atoms with Crippen LogP contribution in [0.3, 0.4) is 0 Å². The number of aryl methyl sites for hydroxylation is 2. The zero-order chi connectivity index (χ0) is 10.5. The van der Waals surface area contributed by atoms with Crippen molar-refractivity contribution in [1.29, 1.82) is 0 Å². The fraction of sp³-hybridized carbons (Fsp3) is 0.500. The first kappa shape index (κ1) is 12.3. The standard InChI is InChI=1S/C6H11N2.H3O4P/c1-3-8-5-4-7(2)6-8;1-5(2,3)4/h4-6H,3H2,1-2H3;(H3,1,2,3,4)/q+1;/p-1. The number of imidazole rings is 1. The van der Waals surface area contributed by atoms with Crippen LogP contribution in [0.1, 0.15) is 6.92 Å². The number of aromatic nitrogens is 2. The number of rotatable bonds is 1. The van der Waals surface area contributed by atoms with Crippen molar-refractivity contribution in [3.8, 4) is 0 Å². The summed E-state index contributed by atoms with van der Waals surface area (Å²) in [5.74, 6) is 0. The largest absolute Gasteiger partial charge is 0.756 e. The Hall–Kier alpha value is -0.680. The first-order chi connectivity index (χ1) is 5.83. The Kier molecular flexibility index (Phi) is 4.87. The average Bonchev–Trinajstić information content (AvgIpc) is 2.31. The van der Waals surface area contributed by atoms with E-state index < -0.39 is 7.82 Å². The lowest BCUT2D eigenvalue weighted by Crippen LogP contribution is -2.23. The molecule has 7 heteroatoms. The second-order valence-corrected chi connectivity index (χ2v) is 3.38. The first-order valence-corrected chi connectivity index (χ1v) is 5.13. The molecule has 1 heterocycles. The molecule has 0 amide bonds. The van der Waals surface area contributed by atoms with E-state index in [1.807, 2.05) is 17.8 Å². The lowest BCUT2D eigenvalue weighted by atomic mass is 10.7. The minimum atomic E-state index is -4.89. The van der Waals surface area contributed by atoms with Crippen molar-refractivity contribution in [2.75, 3.05) is 0 Å². The quantitative estimate of drug-likeness (QED) is 0.446. The third-order valence-electron chi connectivity index (χ3n) is 1.19. The van der Waals surface area contributed by atoms with Crippen molar-refractivity contribution in [2.45, 2.75) is 13.5 Å². The number of hydrogen-bond acceptors (Lipinski definition) is 2. The van der Waals surface area contributed by atoms with Crippen molar-refractivity contribution in [3.05, 3.63) is 18.7 Å². The molecule has 0 aliphatic heterocycles. The summed E-state index contributed by atoms with van der Waals surface area (Å²) >= 11 is 0. The minimum Gasteiger partial charge on any atom is -0.756 e. The predicted molar refractivity (Wildman–Crippen MR) is 43.3 cm³/mol. The van der Waals surface area contributed by atoms with Gasteiger partial charge in [-0.3, -0.25) is 4.57 Å². The molecule has 0 spiro atoms. The summed E-state index contributed by atoms with van der Waals surface area (Å²) in [6, 6.07) is 0. The Labute approximate surface area is 76.3 Å². The van der Waals surface area contributed by atoms with E-state index >= 15 is 0 Å². The summed E-state index contributed by atoms with van der Waals surface area (Å²) < 4.78 is 12.9. The van der Waals surface area contributed by atoms with Gasteiger partial charge in [-0.2, -0.15) is 0 Å². The predicted octanol–water partition coefficient (Wildman–Crippen LogP) is -1.23. The van der Waals surface area contributed by atoms with Crippen molar-refractivity contribution in [1.82, 2.24) is 4.57 Å². The van der Waals surface area contributed by atoms with Crippen LogP contribution in [-0.2, 0) is 18.2 Å². The number of hydrogen-bond donors (Lipinski definition) is 2. The van der Waals surface area contributed by atoms with Gasteiger partial charge < -0.3 is 14.7 Å². The van der Waals surface area contributed by atoms with E-state index in [1.54, 1.807) is 0 Å². The molecule has 0 aliphatic rings. The van der Waals surface area contributed by atoms with E-state index in [0.29, 0.717) is 0 Å². The van der Waals surface area contributed by atoms with Gasteiger partial charge >= 0.3 is 0 Å². The third-order valence-corrected chi connectivity index (χ3v) is 1.19. The number of phosphoric acid groups is 1. The SMILES string of the molecule is CCn1cc[n+](C)c1.O=P([O-])(O)O. The van der Waals surface area contributed by atoms with Crippen LogP contribution in [0.5, 0.6) is 0 Å². The van der Waals surface area contributed by atoms with Gasteiger partial charge in [-0.25, -0.2) is 9.13 Å². The van der Waals surface area contributed by atoms with Crippen molar-refractivity contribution in [3.63, 3.8) is 0 Å². The van der Waals surface area contributed by atoms with E-state index in [-0.39, 0.29) is 0 Å². The highest BCUT2D eigenvalue weighted by Gasteiger charge is 1.92. The van der Waals surface area contributed by atoms with Gasteiger partial charge in [0.1, 0.15) is 12.4 Å². The average molecular weight is 208 g/mol. The van der Waals surface area contributed by atoms with E-state index in [4.69, 9.17) is 19.2 Å². The van der Waals surface area contributed by atoms with Crippen molar-refractivity contribution >= 4 is 7.82 Å². The van der Waals surface area contributed by atoms with E-state index in [2.05, 4.69) is 24.0 Å². The highest BCUT2D eigenvalue weighted by atomic mass is 31.2. The molecule has 2 N–H and O–H groups in total. The molecule has 76 valence electrons. The summed E-state index contributed by atoms with van der Waals surface area (Å²) in [6.45, 7) is 3.18. The smallest absolute Gasteiger partial charge is 0.262 e. The van der Waals surface area contributed by atoms with Crippen LogP contribution in [0.15, 0.2) is 18.7 Å². The van der Waals surface area contributed by atoms with Crippen molar-refractivity contribution < 1.29 is 23.8 Å². The van der Waals surface area contributed by atoms with Gasteiger partial charge in [0, 0.05) is 0 Å². The maximum absolute atomic E-state index is 8.77. The molecule has 1 aromatic heterocycles. The Morgan fingerprint density at radius 1 is 1.62 bits per heavy atom. The molecule has 0 aliphatic carbocycles. The van der Waals surface area contributed by atoms with Crippen LogP contribution < -0.4 is 9.46 Å². The Morgan fingerprint density at radius 2 is 2.08 bits per heavy atom. The zero-order valence-electron chi connectivity index (χ0n) is 7.49. The van der Waals surface area contributed by atoms with Gasteiger partial charge in [0.05, 0.1) is 13.6 Å².